The number of hydrogen-bond acceptors (Lipinski definition) is 8. The van der Waals surface area contributed by atoms with Gasteiger partial charge in [0.1, 0.15) is 30.0 Å². The van der Waals surface area contributed by atoms with Crippen LogP contribution in [0.3, 0.4) is 0 Å². The first-order valence-corrected chi connectivity index (χ1v) is 15.0. The lowest BCUT2D eigenvalue weighted by atomic mass is 9.88. The van der Waals surface area contributed by atoms with E-state index in [9.17, 15) is 20.1 Å². The fourth-order valence-corrected chi connectivity index (χ4v) is 6.57. The summed E-state index contributed by atoms with van der Waals surface area (Å²) < 4.78 is 13.2. The highest BCUT2D eigenvalue weighted by molar-refractivity contribution is 6.42. The summed E-state index contributed by atoms with van der Waals surface area (Å²) in [5.41, 5.74) is 1.45. The van der Waals surface area contributed by atoms with E-state index in [0.29, 0.717) is 49.9 Å². The standard InChI is InChI=1S/C28H30Cl4N4O6/c1-41-26-24(35-12-20(33-34-35)14-6-7-18(31)19(32)8-14)25(39)23(13-37)42-27(26)28(40)36(21-4-2-3-5-22(21)38)17-10-15(29)9-16(30)11-17/h6-12,21-27,37-39H,2-5,13H2,1H3/t21-,22-,23+,24-,25-,26+,27+/m0/s1. The molecule has 10 nitrogen and oxygen atoms in total. The topological polar surface area (TPSA) is 130 Å². The van der Waals surface area contributed by atoms with Gasteiger partial charge in [0.2, 0.25) is 0 Å². The molecule has 1 amide bonds. The Kier molecular flexibility index (Phi) is 9.98. The molecule has 0 bridgehead atoms. The monoisotopic (exact) mass is 658 g/mol. The fraction of sp³-hybridized carbons (Fsp3) is 0.464. The number of halogens is 4. The van der Waals surface area contributed by atoms with Gasteiger partial charge in [0, 0.05) is 28.4 Å². The van der Waals surface area contributed by atoms with E-state index in [1.54, 1.807) is 42.6 Å². The van der Waals surface area contributed by atoms with Gasteiger partial charge >= 0.3 is 0 Å². The number of carbonyl (C=O) groups excluding carboxylic acids is 1. The van der Waals surface area contributed by atoms with Crippen LogP contribution in [-0.4, -0.2) is 86.5 Å². The molecule has 1 aromatic heterocycles. The molecular weight excluding hydrogens is 630 g/mol. The minimum atomic E-state index is -1.32. The Bertz CT molecular complexity index is 1410. The summed E-state index contributed by atoms with van der Waals surface area (Å²) >= 11 is 24.9. The summed E-state index contributed by atoms with van der Waals surface area (Å²) in [4.78, 5) is 15.9. The summed E-state index contributed by atoms with van der Waals surface area (Å²) in [6.07, 6.45) is -1.41. The highest BCUT2D eigenvalue weighted by Crippen LogP contribution is 2.38. The third kappa shape index (κ3) is 6.29. The number of anilines is 1. The Morgan fingerprint density at radius 3 is 2.43 bits per heavy atom. The summed E-state index contributed by atoms with van der Waals surface area (Å²) in [7, 11) is 1.39. The van der Waals surface area contributed by atoms with Crippen LogP contribution in [0.1, 0.15) is 31.7 Å². The van der Waals surface area contributed by atoms with Crippen molar-refractivity contribution < 1.29 is 29.6 Å². The maximum absolute atomic E-state index is 14.5. The van der Waals surface area contributed by atoms with Gasteiger partial charge in [0.25, 0.3) is 5.91 Å². The Balaban J connectivity index is 1.54. The van der Waals surface area contributed by atoms with Crippen molar-refractivity contribution in [3.05, 3.63) is 62.7 Å². The summed E-state index contributed by atoms with van der Waals surface area (Å²) in [5.74, 6) is -0.550. The molecule has 3 N–H and O–H groups in total. The number of amides is 1. The SMILES string of the molecule is CO[C@@H]1[C@@H](n2cc(-c3ccc(Cl)c(Cl)c3)nn2)[C@@H](O)[C@@H](CO)O[C@H]1C(=O)N(c1cc(Cl)cc(Cl)c1)[C@H]1CCCC[C@@H]1O. The number of aliphatic hydroxyl groups is 3. The van der Waals surface area contributed by atoms with E-state index in [-0.39, 0.29) is 0 Å². The predicted molar refractivity (Wildman–Crippen MR) is 159 cm³/mol. The van der Waals surface area contributed by atoms with Crippen molar-refractivity contribution in [3.8, 4) is 11.3 Å². The lowest BCUT2D eigenvalue weighted by Gasteiger charge is -2.46. The van der Waals surface area contributed by atoms with Gasteiger partial charge in [-0.2, -0.15) is 0 Å². The smallest absolute Gasteiger partial charge is 0.259 e. The Labute approximate surface area is 262 Å². The molecule has 2 aliphatic rings. The molecule has 2 aromatic carbocycles. The lowest BCUT2D eigenvalue weighted by molar-refractivity contribution is -0.211. The van der Waals surface area contributed by atoms with Crippen LogP contribution in [0.5, 0.6) is 0 Å². The van der Waals surface area contributed by atoms with E-state index in [1.165, 1.54) is 16.7 Å². The molecule has 14 heteroatoms. The third-order valence-electron chi connectivity index (χ3n) is 7.80. The molecule has 2 fully saturated rings. The first kappa shape index (κ1) is 31.4. The van der Waals surface area contributed by atoms with Gasteiger partial charge in [-0.15, -0.1) is 5.10 Å². The Morgan fingerprint density at radius 1 is 1.07 bits per heavy atom. The summed E-state index contributed by atoms with van der Waals surface area (Å²) in [5, 5.41) is 42.2. The highest BCUT2D eigenvalue weighted by Gasteiger charge is 2.52. The fourth-order valence-electron chi connectivity index (χ4n) is 5.76. The zero-order valence-corrected chi connectivity index (χ0v) is 25.5. The van der Waals surface area contributed by atoms with E-state index in [0.717, 1.165) is 12.8 Å². The number of methoxy groups -OCH3 is 1. The maximum atomic E-state index is 14.5. The van der Waals surface area contributed by atoms with Crippen LogP contribution in [0.2, 0.25) is 20.1 Å². The zero-order chi connectivity index (χ0) is 30.1. The molecule has 7 atom stereocenters. The molecule has 42 heavy (non-hydrogen) atoms. The van der Waals surface area contributed by atoms with Crippen LogP contribution in [-0.2, 0) is 14.3 Å². The maximum Gasteiger partial charge on any atom is 0.259 e. The molecule has 5 rings (SSSR count). The van der Waals surface area contributed by atoms with E-state index in [1.807, 2.05) is 0 Å². The molecule has 1 aliphatic heterocycles. The normalized spacial score (nSPS) is 28.0. The first-order valence-electron chi connectivity index (χ1n) is 13.4. The van der Waals surface area contributed by atoms with Gasteiger partial charge in [0.15, 0.2) is 6.10 Å². The van der Waals surface area contributed by atoms with Crippen molar-refractivity contribution >= 4 is 58.0 Å². The quantitative estimate of drug-likeness (QED) is 0.336. The molecule has 2 heterocycles. The summed E-state index contributed by atoms with van der Waals surface area (Å²) in [6.45, 7) is -0.582. The number of rotatable bonds is 7. The molecule has 0 unspecified atom stereocenters. The summed E-state index contributed by atoms with van der Waals surface area (Å²) in [6, 6.07) is 8.15. The molecule has 1 aliphatic carbocycles. The van der Waals surface area contributed by atoms with E-state index >= 15 is 0 Å². The van der Waals surface area contributed by atoms with Crippen molar-refractivity contribution in [2.24, 2.45) is 0 Å². The highest BCUT2D eigenvalue weighted by atomic mass is 35.5. The second-order valence-electron chi connectivity index (χ2n) is 10.4. The van der Waals surface area contributed by atoms with Gasteiger partial charge in [0.05, 0.1) is 35.0 Å². The van der Waals surface area contributed by atoms with Crippen molar-refractivity contribution in [1.29, 1.82) is 0 Å². The van der Waals surface area contributed by atoms with Crippen LogP contribution >= 0.6 is 46.4 Å². The number of ether oxygens (including phenoxy) is 2. The second-order valence-corrected chi connectivity index (χ2v) is 12.1. The van der Waals surface area contributed by atoms with Crippen molar-refractivity contribution in [2.75, 3.05) is 18.6 Å². The molecule has 3 aromatic rings. The van der Waals surface area contributed by atoms with Crippen LogP contribution < -0.4 is 4.90 Å². The molecular formula is C28H30Cl4N4O6. The van der Waals surface area contributed by atoms with Gasteiger partial charge in [-0.3, -0.25) is 4.79 Å². The van der Waals surface area contributed by atoms with Crippen LogP contribution in [0.25, 0.3) is 11.3 Å². The van der Waals surface area contributed by atoms with Gasteiger partial charge in [-0.05, 0) is 43.2 Å². The Hall–Kier alpha value is -1.99. The van der Waals surface area contributed by atoms with Crippen LogP contribution in [0, 0.1) is 0 Å². The number of benzene rings is 2. The minimum absolute atomic E-state index is 0.312. The average molecular weight is 660 g/mol. The molecule has 1 saturated heterocycles. The minimum Gasteiger partial charge on any atom is -0.394 e. The van der Waals surface area contributed by atoms with Crippen molar-refractivity contribution in [3.63, 3.8) is 0 Å². The molecule has 1 saturated carbocycles. The van der Waals surface area contributed by atoms with Crippen LogP contribution in [0.4, 0.5) is 5.69 Å². The lowest BCUT2D eigenvalue weighted by Crippen LogP contribution is -2.63. The van der Waals surface area contributed by atoms with Crippen molar-refractivity contribution in [2.45, 2.75) is 68.3 Å². The van der Waals surface area contributed by atoms with Crippen molar-refractivity contribution in [1.82, 2.24) is 15.0 Å². The van der Waals surface area contributed by atoms with Gasteiger partial charge in [-0.25, -0.2) is 4.68 Å². The van der Waals surface area contributed by atoms with Gasteiger partial charge in [-0.1, -0.05) is 70.5 Å². The largest absolute Gasteiger partial charge is 0.394 e. The van der Waals surface area contributed by atoms with E-state index < -0.39 is 55.1 Å². The van der Waals surface area contributed by atoms with Crippen LogP contribution in [0.15, 0.2) is 42.6 Å². The number of aliphatic hydroxyl groups excluding tert-OH is 3. The van der Waals surface area contributed by atoms with Gasteiger partial charge < -0.3 is 29.7 Å². The van der Waals surface area contributed by atoms with E-state index in [2.05, 4.69) is 10.3 Å². The first-order chi connectivity index (χ1) is 20.1. The molecule has 0 spiro atoms. The molecule has 226 valence electrons. The second kappa shape index (κ2) is 13.3. The average Bonchev–Trinajstić information content (AvgIpc) is 3.44. The number of aromatic nitrogens is 3. The Morgan fingerprint density at radius 2 is 1.79 bits per heavy atom. The predicted octanol–water partition coefficient (Wildman–Crippen LogP) is 4.57. The number of carbonyl (C=O) groups is 1. The zero-order valence-electron chi connectivity index (χ0n) is 22.5. The van der Waals surface area contributed by atoms with E-state index in [4.69, 9.17) is 55.9 Å². The number of nitrogens with zero attached hydrogens (tertiary/aromatic N) is 4. The number of hydrogen-bond donors (Lipinski definition) is 3. The molecule has 0 radical (unpaired) electrons. The third-order valence-corrected chi connectivity index (χ3v) is 8.98.